The van der Waals surface area contributed by atoms with Crippen LogP contribution in [-0.2, 0) is 21.6 Å². The molecule has 4 rings (SSSR count). The molecule has 2 aliphatic heterocycles. The van der Waals surface area contributed by atoms with Gasteiger partial charge in [-0.05, 0) is 63.4 Å². The number of nitrogens with zero attached hydrogens (tertiary/aromatic N) is 2. The van der Waals surface area contributed by atoms with Crippen molar-refractivity contribution in [1.29, 1.82) is 0 Å². The predicted molar refractivity (Wildman–Crippen MR) is 111 cm³/mol. The minimum Gasteiger partial charge on any atom is -0.381 e. The number of aryl methyl sites for hydroxylation is 1. The lowest BCUT2D eigenvalue weighted by Crippen LogP contribution is -2.52. The van der Waals surface area contributed by atoms with E-state index in [9.17, 15) is 9.18 Å². The van der Waals surface area contributed by atoms with Gasteiger partial charge in [0.1, 0.15) is 5.82 Å². The Hall–Kier alpha value is -1.83. The monoisotopic (exact) mass is 417 g/mol. The third kappa shape index (κ3) is 4.85. The number of carbonyl (C=O) groups is 1. The van der Waals surface area contributed by atoms with Gasteiger partial charge in [0.05, 0.1) is 16.2 Å². The highest BCUT2D eigenvalue weighted by molar-refractivity contribution is 7.09. The van der Waals surface area contributed by atoms with Crippen LogP contribution < -0.4 is 5.32 Å². The molecule has 2 fully saturated rings. The first-order valence-corrected chi connectivity index (χ1v) is 11.2. The fourth-order valence-electron chi connectivity index (χ4n) is 4.38. The molecule has 5 nitrogen and oxygen atoms in total. The first kappa shape index (κ1) is 20.4. The normalized spacial score (nSPS) is 20.5. The number of benzene rings is 1. The number of amides is 1. The smallest absolute Gasteiger partial charge is 0.223 e. The standard InChI is InChI=1S/C22H28FN3O2S/c1-16-24-20(15-29-16)14-26-10-6-17(7-11-26)21(27)25-22(8-12-28-13-9-22)18-2-4-19(23)5-3-18/h2-5,15,17H,6-14H2,1H3,(H,25,27). The minimum atomic E-state index is -0.460. The summed E-state index contributed by atoms with van der Waals surface area (Å²) < 4.78 is 18.9. The fraction of sp³-hybridized carbons (Fsp3) is 0.545. The van der Waals surface area contributed by atoms with Gasteiger partial charge in [0.2, 0.25) is 5.91 Å². The van der Waals surface area contributed by atoms with E-state index < -0.39 is 5.54 Å². The summed E-state index contributed by atoms with van der Waals surface area (Å²) in [6.07, 6.45) is 3.13. The molecular formula is C22H28FN3O2S. The second kappa shape index (κ2) is 8.90. The molecule has 0 radical (unpaired) electrons. The highest BCUT2D eigenvalue weighted by atomic mass is 32.1. The number of rotatable bonds is 5. The molecule has 7 heteroatoms. The SMILES string of the molecule is Cc1nc(CN2CCC(C(=O)NC3(c4ccc(F)cc4)CCOCC3)CC2)cs1. The maximum Gasteiger partial charge on any atom is 0.223 e. The summed E-state index contributed by atoms with van der Waals surface area (Å²) in [4.78, 5) is 20.0. The molecule has 1 aromatic heterocycles. The molecule has 1 amide bonds. The topological polar surface area (TPSA) is 54.5 Å². The van der Waals surface area contributed by atoms with E-state index in [1.807, 2.05) is 6.92 Å². The molecule has 0 spiro atoms. The number of nitrogens with one attached hydrogen (secondary N) is 1. The molecule has 0 aliphatic carbocycles. The van der Waals surface area contributed by atoms with Gasteiger partial charge in [-0.1, -0.05) is 12.1 Å². The molecule has 156 valence electrons. The largest absolute Gasteiger partial charge is 0.381 e. The molecule has 0 saturated carbocycles. The third-order valence-corrected chi connectivity index (χ3v) is 6.94. The van der Waals surface area contributed by atoms with Gasteiger partial charge < -0.3 is 10.1 Å². The van der Waals surface area contributed by atoms with Crippen LogP contribution in [0, 0.1) is 18.7 Å². The van der Waals surface area contributed by atoms with Gasteiger partial charge in [0, 0.05) is 31.1 Å². The van der Waals surface area contributed by atoms with Crippen LogP contribution in [0.1, 0.15) is 41.9 Å². The number of likely N-dealkylation sites (tertiary alicyclic amines) is 1. The lowest BCUT2D eigenvalue weighted by Gasteiger charge is -2.40. The predicted octanol–water partition coefficient (Wildman–Crippen LogP) is 3.62. The molecule has 3 heterocycles. The number of hydrogen-bond acceptors (Lipinski definition) is 5. The second-order valence-corrected chi connectivity index (χ2v) is 9.16. The zero-order valence-corrected chi connectivity index (χ0v) is 17.6. The Balaban J connectivity index is 1.37. The van der Waals surface area contributed by atoms with E-state index in [1.54, 1.807) is 23.5 Å². The van der Waals surface area contributed by atoms with Crippen LogP contribution in [0.4, 0.5) is 4.39 Å². The number of thiazole rings is 1. The molecule has 1 N–H and O–H groups in total. The first-order chi connectivity index (χ1) is 14.0. The Kier molecular flexibility index (Phi) is 6.27. The fourth-order valence-corrected chi connectivity index (χ4v) is 4.98. The Morgan fingerprint density at radius 3 is 2.59 bits per heavy atom. The van der Waals surface area contributed by atoms with Crippen LogP contribution in [-0.4, -0.2) is 42.1 Å². The van der Waals surface area contributed by atoms with Crippen LogP contribution in [0.3, 0.4) is 0 Å². The lowest BCUT2D eigenvalue weighted by atomic mass is 9.81. The maximum atomic E-state index is 13.4. The van der Waals surface area contributed by atoms with Crippen molar-refractivity contribution in [3.63, 3.8) is 0 Å². The van der Waals surface area contributed by atoms with Gasteiger partial charge in [-0.25, -0.2) is 9.37 Å². The zero-order valence-electron chi connectivity index (χ0n) is 16.8. The van der Waals surface area contributed by atoms with Gasteiger partial charge in [-0.2, -0.15) is 0 Å². The van der Waals surface area contributed by atoms with Gasteiger partial charge in [-0.3, -0.25) is 9.69 Å². The van der Waals surface area contributed by atoms with Crippen molar-refractivity contribution in [2.24, 2.45) is 5.92 Å². The van der Waals surface area contributed by atoms with E-state index in [0.717, 1.165) is 48.7 Å². The third-order valence-electron chi connectivity index (χ3n) is 6.12. The van der Waals surface area contributed by atoms with E-state index >= 15 is 0 Å². The van der Waals surface area contributed by atoms with E-state index in [2.05, 4.69) is 20.6 Å². The number of carbonyl (C=O) groups excluding carboxylic acids is 1. The van der Waals surface area contributed by atoms with Crippen molar-refractivity contribution in [1.82, 2.24) is 15.2 Å². The first-order valence-electron chi connectivity index (χ1n) is 10.3. The number of piperidine rings is 1. The van der Waals surface area contributed by atoms with Crippen LogP contribution in [0.2, 0.25) is 0 Å². The Morgan fingerprint density at radius 2 is 1.97 bits per heavy atom. The second-order valence-electron chi connectivity index (χ2n) is 8.10. The Morgan fingerprint density at radius 1 is 1.28 bits per heavy atom. The van der Waals surface area contributed by atoms with Crippen LogP contribution in [0.5, 0.6) is 0 Å². The highest BCUT2D eigenvalue weighted by Gasteiger charge is 2.38. The molecule has 0 atom stereocenters. The zero-order chi connectivity index (χ0) is 20.3. The van der Waals surface area contributed by atoms with Crippen molar-refractivity contribution in [3.05, 3.63) is 51.7 Å². The molecule has 2 aromatic rings. The van der Waals surface area contributed by atoms with Crippen molar-refractivity contribution < 1.29 is 13.9 Å². The van der Waals surface area contributed by atoms with Gasteiger partial charge >= 0.3 is 0 Å². The summed E-state index contributed by atoms with van der Waals surface area (Å²) in [5.41, 5.74) is 1.62. The Labute approximate surface area is 175 Å². The molecule has 2 saturated heterocycles. The number of halogens is 1. The summed E-state index contributed by atoms with van der Waals surface area (Å²) in [5.74, 6) is -0.131. The Bertz CT molecular complexity index is 825. The summed E-state index contributed by atoms with van der Waals surface area (Å²) in [7, 11) is 0. The molecular weight excluding hydrogens is 389 g/mol. The van der Waals surface area contributed by atoms with E-state index in [4.69, 9.17) is 4.74 Å². The minimum absolute atomic E-state index is 0.0172. The number of aromatic nitrogens is 1. The van der Waals surface area contributed by atoms with Crippen LogP contribution in [0.25, 0.3) is 0 Å². The van der Waals surface area contributed by atoms with Crippen LogP contribution >= 0.6 is 11.3 Å². The van der Waals surface area contributed by atoms with Gasteiger partial charge in [0.25, 0.3) is 0 Å². The van der Waals surface area contributed by atoms with Gasteiger partial charge in [-0.15, -0.1) is 11.3 Å². The molecule has 2 aliphatic rings. The highest BCUT2D eigenvalue weighted by Crippen LogP contribution is 2.33. The average Bonchev–Trinajstić information content (AvgIpc) is 3.14. The summed E-state index contributed by atoms with van der Waals surface area (Å²) >= 11 is 1.68. The van der Waals surface area contributed by atoms with E-state index in [-0.39, 0.29) is 17.6 Å². The van der Waals surface area contributed by atoms with Crippen molar-refractivity contribution >= 4 is 17.2 Å². The molecule has 0 unspecified atom stereocenters. The quantitative estimate of drug-likeness (QED) is 0.807. The average molecular weight is 418 g/mol. The summed E-state index contributed by atoms with van der Waals surface area (Å²) in [5, 5.41) is 6.55. The summed E-state index contributed by atoms with van der Waals surface area (Å²) in [6.45, 7) is 5.89. The van der Waals surface area contributed by atoms with Gasteiger partial charge in [0.15, 0.2) is 0 Å². The molecule has 0 bridgehead atoms. The van der Waals surface area contributed by atoms with Crippen molar-refractivity contribution in [2.45, 2.75) is 44.7 Å². The number of ether oxygens (including phenoxy) is 1. The maximum absolute atomic E-state index is 13.4. The van der Waals surface area contributed by atoms with E-state index in [0.29, 0.717) is 26.1 Å². The lowest BCUT2D eigenvalue weighted by molar-refractivity contribution is -0.130. The molecule has 1 aromatic carbocycles. The van der Waals surface area contributed by atoms with Crippen molar-refractivity contribution in [3.8, 4) is 0 Å². The number of hydrogen-bond donors (Lipinski definition) is 1. The summed E-state index contributed by atoms with van der Waals surface area (Å²) in [6, 6.07) is 6.52. The molecule has 29 heavy (non-hydrogen) atoms. The van der Waals surface area contributed by atoms with Crippen LogP contribution in [0.15, 0.2) is 29.6 Å². The van der Waals surface area contributed by atoms with E-state index in [1.165, 1.54) is 12.1 Å². The van der Waals surface area contributed by atoms with Crippen molar-refractivity contribution in [2.75, 3.05) is 26.3 Å².